The molecule has 4 nitrogen and oxygen atoms in total. The Kier molecular flexibility index (Phi) is 5.67. The predicted molar refractivity (Wildman–Crippen MR) is 88.1 cm³/mol. The van der Waals surface area contributed by atoms with Gasteiger partial charge in [-0.05, 0) is 55.5 Å². The fraction of sp³-hybridized carbons (Fsp3) is 0.235. The summed E-state index contributed by atoms with van der Waals surface area (Å²) in [6.45, 7) is 2.62. The summed E-state index contributed by atoms with van der Waals surface area (Å²) in [5.74, 6) is -0.268. The van der Waals surface area contributed by atoms with Crippen LogP contribution in [0.4, 0.5) is 5.69 Å². The first-order valence-corrected chi connectivity index (χ1v) is 7.40. The summed E-state index contributed by atoms with van der Waals surface area (Å²) in [4.78, 5) is 10.8. The molecular weight excluding hydrogens is 302 g/mol. The second-order valence-electron chi connectivity index (χ2n) is 5.02. The molecule has 0 heterocycles. The first-order chi connectivity index (χ1) is 10.5. The number of ether oxygens (including phenoxy) is 1. The van der Waals surface area contributed by atoms with Crippen molar-refractivity contribution >= 4 is 23.3 Å². The minimum atomic E-state index is -0.938. The average molecular weight is 320 g/mol. The molecule has 0 fully saturated rings. The number of benzene rings is 2. The topological polar surface area (TPSA) is 58.6 Å². The van der Waals surface area contributed by atoms with Crippen LogP contribution < -0.4 is 10.1 Å². The zero-order valence-corrected chi connectivity index (χ0v) is 13.0. The third kappa shape index (κ3) is 4.97. The maximum Gasteiger partial charge on any atom is 0.335 e. The van der Waals surface area contributed by atoms with E-state index in [0.717, 1.165) is 12.1 Å². The van der Waals surface area contributed by atoms with E-state index in [2.05, 4.69) is 12.2 Å². The number of anilines is 1. The molecule has 2 N–H and O–H groups in total. The van der Waals surface area contributed by atoms with Gasteiger partial charge < -0.3 is 15.2 Å². The predicted octanol–water partition coefficient (Wildman–Crippen LogP) is 4.31. The molecule has 0 radical (unpaired) electrons. The van der Waals surface area contributed by atoms with Crippen LogP contribution in [0.25, 0.3) is 0 Å². The van der Waals surface area contributed by atoms with Crippen molar-refractivity contribution in [2.75, 3.05) is 11.9 Å². The Morgan fingerprint density at radius 2 is 1.82 bits per heavy atom. The molecule has 5 heteroatoms. The van der Waals surface area contributed by atoms with Crippen molar-refractivity contribution in [2.24, 2.45) is 0 Å². The van der Waals surface area contributed by atoms with Crippen molar-refractivity contribution in [1.82, 2.24) is 0 Å². The van der Waals surface area contributed by atoms with Gasteiger partial charge in [-0.3, -0.25) is 0 Å². The van der Waals surface area contributed by atoms with Gasteiger partial charge in [-0.25, -0.2) is 4.79 Å². The zero-order valence-electron chi connectivity index (χ0n) is 12.3. The molecule has 116 valence electrons. The van der Waals surface area contributed by atoms with Gasteiger partial charge >= 0.3 is 5.97 Å². The van der Waals surface area contributed by atoms with E-state index < -0.39 is 5.97 Å². The number of carboxylic acids is 1. The lowest BCUT2D eigenvalue weighted by Gasteiger charge is -2.15. The fourth-order valence-electron chi connectivity index (χ4n) is 1.95. The van der Waals surface area contributed by atoms with Crippen molar-refractivity contribution in [2.45, 2.75) is 19.4 Å². The van der Waals surface area contributed by atoms with Crippen LogP contribution in [0.1, 0.15) is 23.7 Å². The Labute approximate surface area is 134 Å². The van der Waals surface area contributed by atoms with E-state index in [0.29, 0.717) is 17.4 Å². The number of halogens is 1. The maximum atomic E-state index is 10.8. The van der Waals surface area contributed by atoms with Crippen molar-refractivity contribution < 1.29 is 14.6 Å². The van der Waals surface area contributed by atoms with Crippen LogP contribution in [0.3, 0.4) is 0 Å². The van der Waals surface area contributed by atoms with Gasteiger partial charge in [0, 0.05) is 23.2 Å². The van der Waals surface area contributed by atoms with Gasteiger partial charge in [-0.1, -0.05) is 11.6 Å². The van der Waals surface area contributed by atoms with E-state index in [1.54, 1.807) is 12.1 Å². The Morgan fingerprint density at radius 1 is 1.18 bits per heavy atom. The molecule has 0 saturated heterocycles. The van der Waals surface area contributed by atoms with E-state index in [9.17, 15) is 4.79 Å². The highest BCUT2D eigenvalue weighted by Crippen LogP contribution is 2.16. The number of carbonyl (C=O) groups is 1. The third-order valence-corrected chi connectivity index (χ3v) is 3.43. The highest BCUT2D eigenvalue weighted by Gasteiger charge is 2.04. The standard InChI is InChI=1S/C17H18ClNO3/c1-12(19-15-6-4-14(18)5-7-15)10-11-22-16-8-2-13(3-9-16)17(20)21/h2-9,12,19H,10-11H2,1H3,(H,20,21). The third-order valence-electron chi connectivity index (χ3n) is 3.18. The molecule has 0 amide bonds. The molecule has 2 rings (SSSR count). The van der Waals surface area contributed by atoms with E-state index in [1.165, 1.54) is 12.1 Å². The number of hydrogen-bond acceptors (Lipinski definition) is 3. The summed E-state index contributed by atoms with van der Waals surface area (Å²) >= 11 is 5.85. The highest BCUT2D eigenvalue weighted by atomic mass is 35.5. The van der Waals surface area contributed by atoms with Gasteiger partial charge in [0.15, 0.2) is 0 Å². The van der Waals surface area contributed by atoms with Crippen molar-refractivity contribution in [3.63, 3.8) is 0 Å². The van der Waals surface area contributed by atoms with Crippen LogP contribution in [-0.2, 0) is 0 Å². The second kappa shape index (κ2) is 7.71. The molecule has 22 heavy (non-hydrogen) atoms. The first kappa shape index (κ1) is 16.2. The summed E-state index contributed by atoms with van der Waals surface area (Å²) in [5.41, 5.74) is 1.27. The van der Waals surface area contributed by atoms with Crippen LogP contribution in [0.15, 0.2) is 48.5 Å². The molecule has 0 bridgehead atoms. The average Bonchev–Trinajstić information content (AvgIpc) is 2.50. The molecule has 0 aliphatic heterocycles. The quantitative estimate of drug-likeness (QED) is 0.798. The molecule has 0 saturated carbocycles. The Morgan fingerprint density at radius 3 is 2.41 bits per heavy atom. The van der Waals surface area contributed by atoms with Crippen LogP contribution >= 0.6 is 11.6 Å². The normalized spacial score (nSPS) is 11.7. The van der Waals surface area contributed by atoms with Gasteiger partial charge in [0.1, 0.15) is 5.75 Å². The van der Waals surface area contributed by atoms with Crippen LogP contribution in [0.2, 0.25) is 5.02 Å². The number of carboxylic acid groups (broad SMARTS) is 1. The number of aromatic carboxylic acids is 1. The molecule has 0 aromatic heterocycles. The lowest BCUT2D eigenvalue weighted by atomic mass is 10.2. The molecule has 0 aliphatic carbocycles. The largest absolute Gasteiger partial charge is 0.494 e. The van der Waals surface area contributed by atoms with Gasteiger partial charge in [-0.2, -0.15) is 0 Å². The van der Waals surface area contributed by atoms with Crippen LogP contribution in [0.5, 0.6) is 5.75 Å². The number of rotatable bonds is 7. The number of hydrogen-bond donors (Lipinski definition) is 2. The highest BCUT2D eigenvalue weighted by molar-refractivity contribution is 6.30. The van der Waals surface area contributed by atoms with Gasteiger partial charge in [0.2, 0.25) is 0 Å². The summed E-state index contributed by atoms with van der Waals surface area (Å²) < 4.78 is 5.61. The van der Waals surface area contributed by atoms with Crippen molar-refractivity contribution in [1.29, 1.82) is 0 Å². The summed E-state index contributed by atoms with van der Waals surface area (Å²) in [7, 11) is 0. The molecule has 2 aromatic rings. The molecular formula is C17H18ClNO3. The zero-order chi connectivity index (χ0) is 15.9. The molecule has 0 spiro atoms. The van der Waals surface area contributed by atoms with E-state index in [1.807, 2.05) is 24.3 Å². The molecule has 2 aromatic carbocycles. The Hall–Kier alpha value is -2.20. The van der Waals surface area contributed by atoms with E-state index >= 15 is 0 Å². The lowest BCUT2D eigenvalue weighted by molar-refractivity contribution is 0.0697. The van der Waals surface area contributed by atoms with Gasteiger partial charge in [0.25, 0.3) is 0 Å². The molecule has 1 atom stereocenters. The van der Waals surface area contributed by atoms with E-state index in [4.69, 9.17) is 21.4 Å². The Bertz CT molecular complexity index is 611. The Balaban J connectivity index is 1.75. The minimum Gasteiger partial charge on any atom is -0.494 e. The summed E-state index contributed by atoms with van der Waals surface area (Å²) in [6.07, 6.45) is 0.823. The first-order valence-electron chi connectivity index (χ1n) is 7.03. The van der Waals surface area contributed by atoms with Gasteiger partial charge in [-0.15, -0.1) is 0 Å². The smallest absolute Gasteiger partial charge is 0.335 e. The summed E-state index contributed by atoms with van der Waals surface area (Å²) in [5, 5.41) is 12.9. The van der Waals surface area contributed by atoms with Crippen LogP contribution in [-0.4, -0.2) is 23.7 Å². The fourth-order valence-corrected chi connectivity index (χ4v) is 2.08. The van der Waals surface area contributed by atoms with Gasteiger partial charge in [0.05, 0.1) is 12.2 Å². The lowest BCUT2D eigenvalue weighted by Crippen LogP contribution is -2.18. The van der Waals surface area contributed by atoms with Crippen molar-refractivity contribution in [3.05, 3.63) is 59.1 Å². The monoisotopic (exact) mass is 319 g/mol. The second-order valence-corrected chi connectivity index (χ2v) is 5.46. The summed E-state index contributed by atoms with van der Waals surface area (Å²) in [6, 6.07) is 14.2. The van der Waals surface area contributed by atoms with Crippen molar-refractivity contribution in [3.8, 4) is 5.75 Å². The SMILES string of the molecule is CC(CCOc1ccc(C(=O)O)cc1)Nc1ccc(Cl)cc1. The number of nitrogens with one attached hydrogen (secondary N) is 1. The molecule has 0 aliphatic rings. The minimum absolute atomic E-state index is 0.250. The molecule has 1 unspecified atom stereocenters. The maximum absolute atomic E-state index is 10.8. The van der Waals surface area contributed by atoms with E-state index in [-0.39, 0.29) is 11.6 Å². The van der Waals surface area contributed by atoms with Crippen LogP contribution in [0, 0.1) is 0 Å².